The molecule has 0 bridgehead atoms. The molecule has 0 unspecified atom stereocenters. The molecular formula is C29H40O4Si4. The summed E-state index contributed by atoms with van der Waals surface area (Å²) in [5, 5.41) is 3.90. The van der Waals surface area contributed by atoms with E-state index in [-0.39, 0.29) is 5.97 Å². The number of ether oxygens (including phenoxy) is 1. The molecule has 3 rings (SSSR count). The highest BCUT2D eigenvalue weighted by molar-refractivity contribution is 7.08. The number of esters is 1. The minimum Gasteiger partial charge on any atom is -0.462 e. The van der Waals surface area contributed by atoms with E-state index in [4.69, 9.17) is 13.0 Å². The lowest BCUT2D eigenvalue weighted by Gasteiger charge is -2.34. The van der Waals surface area contributed by atoms with Gasteiger partial charge in [0, 0.05) is 5.57 Å². The third-order valence-corrected chi connectivity index (χ3v) is 20.0. The molecular weight excluding hydrogens is 525 g/mol. The molecule has 3 aromatic rings. The molecule has 0 aromatic heterocycles. The van der Waals surface area contributed by atoms with Gasteiger partial charge in [-0.2, -0.15) is 0 Å². The van der Waals surface area contributed by atoms with Crippen LogP contribution < -0.4 is 15.6 Å². The van der Waals surface area contributed by atoms with E-state index >= 15 is 0 Å². The molecule has 8 heteroatoms. The van der Waals surface area contributed by atoms with Gasteiger partial charge >= 0.3 is 5.97 Å². The van der Waals surface area contributed by atoms with Crippen molar-refractivity contribution in [2.45, 2.75) is 44.6 Å². The van der Waals surface area contributed by atoms with Gasteiger partial charge in [0.05, 0.1) is 6.61 Å². The van der Waals surface area contributed by atoms with Crippen LogP contribution in [0.15, 0.2) is 103 Å². The molecule has 0 spiro atoms. The summed E-state index contributed by atoms with van der Waals surface area (Å²) in [6.07, 6.45) is 0.868. The van der Waals surface area contributed by atoms with Gasteiger partial charge in [-0.05, 0) is 60.1 Å². The van der Waals surface area contributed by atoms with Crippen LogP contribution in [-0.2, 0) is 17.8 Å². The molecule has 37 heavy (non-hydrogen) atoms. The summed E-state index contributed by atoms with van der Waals surface area (Å²) in [5.41, 5.74) is 0.451. The molecule has 0 saturated carbocycles. The topological polar surface area (TPSA) is 44.8 Å². The van der Waals surface area contributed by atoms with Crippen LogP contribution >= 0.6 is 0 Å². The molecule has 4 nitrogen and oxygen atoms in total. The summed E-state index contributed by atoms with van der Waals surface area (Å²) in [6.45, 7) is 10.4. The zero-order chi connectivity index (χ0) is 26.6. The molecule has 0 saturated heterocycles. The Morgan fingerprint density at radius 2 is 1.22 bits per heavy atom. The fraction of sp³-hybridized carbons (Fsp3) is 0.276. The standard InChI is InChI=1S/C29H40O4Si4/c1-25(2)29(30)31-21-14-22-34-32-36(3,4)24-23-35-33-37(26-15-8-5-9-16-26,27-17-10-6-11-18-27)28-19-12-7-13-20-28/h5-13,15-20H,1,14,21-24,34-35H2,2-4H3. The zero-order valence-electron chi connectivity index (χ0n) is 22.5. The van der Waals surface area contributed by atoms with Gasteiger partial charge in [-0.1, -0.05) is 97.6 Å². The summed E-state index contributed by atoms with van der Waals surface area (Å²) in [6, 6.07) is 35.7. The first-order valence-electron chi connectivity index (χ1n) is 13.1. The fourth-order valence-corrected chi connectivity index (χ4v) is 18.9. The Bertz CT molecular complexity index is 1010. The number of hydrogen-bond acceptors (Lipinski definition) is 4. The molecule has 0 heterocycles. The third-order valence-electron chi connectivity index (χ3n) is 6.40. The van der Waals surface area contributed by atoms with Crippen molar-refractivity contribution in [2.24, 2.45) is 0 Å². The van der Waals surface area contributed by atoms with E-state index in [9.17, 15) is 4.79 Å². The highest BCUT2D eigenvalue weighted by atomic mass is 28.4. The van der Waals surface area contributed by atoms with Gasteiger partial charge in [0.1, 0.15) is 19.5 Å². The second kappa shape index (κ2) is 14.6. The molecule has 0 amide bonds. The summed E-state index contributed by atoms with van der Waals surface area (Å²) in [4.78, 5) is 11.5. The third kappa shape index (κ3) is 8.59. The number of carbonyl (C=O) groups is 1. The minimum atomic E-state index is -2.58. The Morgan fingerprint density at radius 1 is 0.757 bits per heavy atom. The average Bonchev–Trinajstić information content (AvgIpc) is 2.92. The minimum absolute atomic E-state index is 0.302. The molecule has 0 N–H and O–H groups in total. The summed E-state index contributed by atoms with van der Waals surface area (Å²) in [5.74, 6) is -0.302. The van der Waals surface area contributed by atoms with Crippen LogP contribution in [-0.4, -0.2) is 48.7 Å². The van der Waals surface area contributed by atoms with Crippen molar-refractivity contribution < 1.29 is 17.8 Å². The van der Waals surface area contributed by atoms with Gasteiger partial charge in [0.15, 0.2) is 8.32 Å². The lowest BCUT2D eigenvalue weighted by molar-refractivity contribution is -0.138. The highest BCUT2D eigenvalue weighted by Crippen LogP contribution is 2.16. The number of benzene rings is 3. The van der Waals surface area contributed by atoms with Crippen LogP contribution in [0, 0.1) is 0 Å². The van der Waals surface area contributed by atoms with Gasteiger partial charge < -0.3 is 13.0 Å². The van der Waals surface area contributed by atoms with E-state index < -0.39 is 36.2 Å². The predicted octanol–water partition coefficient (Wildman–Crippen LogP) is 3.41. The monoisotopic (exact) mass is 564 g/mol. The molecule has 0 aliphatic carbocycles. The van der Waals surface area contributed by atoms with Gasteiger partial charge in [0.25, 0.3) is 8.32 Å². The van der Waals surface area contributed by atoms with Crippen molar-refractivity contribution in [2.75, 3.05) is 6.61 Å². The summed E-state index contributed by atoms with van der Waals surface area (Å²) >= 11 is 0. The maximum absolute atomic E-state index is 11.5. The van der Waals surface area contributed by atoms with Crippen molar-refractivity contribution in [3.63, 3.8) is 0 Å². The Morgan fingerprint density at radius 3 is 1.68 bits per heavy atom. The zero-order valence-corrected chi connectivity index (χ0v) is 27.3. The van der Waals surface area contributed by atoms with Crippen LogP contribution in [0.3, 0.4) is 0 Å². The predicted molar refractivity (Wildman–Crippen MR) is 166 cm³/mol. The van der Waals surface area contributed by atoms with Crippen molar-refractivity contribution in [3.05, 3.63) is 103 Å². The molecule has 0 atom stereocenters. The van der Waals surface area contributed by atoms with Crippen LogP contribution in [0.5, 0.6) is 0 Å². The van der Waals surface area contributed by atoms with Gasteiger partial charge in [-0.3, -0.25) is 0 Å². The Hall–Kier alpha value is -2.34. The Balaban J connectivity index is 1.62. The largest absolute Gasteiger partial charge is 0.462 e. The fourth-order valence-electron chi connectivity index (χ4n) is 4.40. The first-order chi connectivity index (χ1) is 17.8. The maximum Gasteiger partial charge on any atom is 0.333 e. The molecule has 0 aliphatic heterocycles. The Labute approximate surface area is 229 Å². The molecule has 0 fully saturated rings. The average molecular weight is 565 g/mol. The van der Waals surface area contributed by atoms with E-state index in [1.54, 1.807) is 6.92 Å². The van der Waals surface area contributed by atoms with Crippen LogP contribution in [0.25, 0.3) is 0 Å². The van der Waals surface area contributed by atoms with Crippen LogP contribution in [0.2, 0.25) is 31.2 Å². The Kier molecular flexibility index (Phi) is 11.5. The first kappa shape index (κ1) is 29.2. The number of carbonyl (C=O) groups excluding carboxylic acids is 1. The van der Waals surface area contributed by atoms with E-state index in [0.29, 0.717) is 12.2 Å². The van der Waals surface area contributed by atoms with E-state index in [0.717, 1.165) is 24.6 Å². The lowest BCUT2D eigenvalue weighted by Crippen LogP contribution is -2.69. The van der Waals surface area contributed by atoms with E-state index in [1.807, 2.05) is 0 Å². The molecule has 0 aliphatic rings. The van der Waals surface area contributed by atoms with Crippen molar-refractivity contribution in [1.29, 1.82) is 0 Å². The van der Waals surface area contributed by atoms with E-state index in [1.165, 1.54) is 15.6 Å². The summed E-state index contributed by atoms with van der Waals surface area (Å²) in [7, 11) is -5.71. The number of hydrogen-bond donors (Lipinski definition) is 0. The maximum atomic E-state index is 11.5. The van der Waals surface area contributed by atoms with Gasteiger partial charge in [-0.25, -0.2) is 4.79 Å². The van der Waals surface area contributed by atoms with Crippen LogP contribution in [0.1, 0.15) is 13.3 Å². The second-order valence-corrected chi connectivity index (χ2v) is 21.6. The summed E-state index contributed by atoms with van der Waals surface area (Å²) < 4.78 is 18.8. The molecule has 196 valence electrons. The van der Waals surface area contributed by atoms with E-state index in [2.05, 4.69) is 111 Å². The molecule has 3 aromatic carbocycles. The smallest absolute Gasteiger partial charge is 0.333 e. The lowest BCUT2D eigenvalue weighted by atomic mass is 10.3. The number of rotatable bonds is 15. The highest BCUT2D eigenvalue weighted by Gasteiger charge is 2.41. The quantitative estimate of drug-likeness (QED) is 0.0933. The normalized spacial score (nSPS) is 12.4. The SMILES string of the molecule is C=C(C)C(=O)OCCC[SiH2]O[Si](C)(C)CC[SiH2]O[Si](c1ccccc1)(c1ccccc1)c1ccccc1. The van der Waals surface area contributed by atoms with Gasteiger partial charge in [0.2, 0.25) is 0 Å². The van der Waals surface area contributed by atoms with Crippen molar-refractivity contribution in [3.8, 4) is 0 Å². The second-order valence-electron chi connectivity index (χ2n) is 9.96. The molecule has 0 radical (unpaired) electrons. The van der Waals surface area contributed by atoms with Crippen LogP contribution in [0.4, 0.5) is 0 Å². The van der Waals surface area contributed by atoms with Gasteiger partial charge in [-0.15, -0.1) is 0 Å². The van der Waals surface area contributed by atoms with Crippen molar-refractivity contribution >= 4 is 57.7 Å². The first-order valence-corrected chi connectivity index (χ1v) is 21.3. The van der Waals surface area contributed by atoms with Crippen molar-refractivity contribution in [1.82, 2.24) is 0 Å².